The van der Waals surface area contributed by atoms with Gasteiger partial charge in [0.25, 0.3) is 0 Å². The number of fused-ring (bicyclic) bond motifs is 1. The van der Waals surface area contributed by atoms with Crippen molar-refractivity contribution in [2.45, 2.75) is 24.3 Å². The van der Waals surface area contributed by atoms with Crippen molar-refractivity contribution in [3.63, 3.8) is 0 Å². The molecular weight excluding hydrogens is 486 g/mol. The number of hydrogen-bond donors (Lipinski definition) is 0. The van der Waals surface area contributed by atoms with E-state index in [2.05, 4.69) is 4.98 Å². The molecule has 0 saturated carbocycles. The van der Waals surface area contributed by atoms with Gasteiger partial charge in [-0.3, -0.25) is 14.7 Å². The van der Waals surface area contributed by atoms with Gasteiger partial charge in [-0.2, -0.15) is 0 Å². The molecule has 0 saturated heterocycles. The van der Waals surface area contributed by atoms with Gasteiger partial charge in [-0.05, 0) is 42.3 Å². The van der Waals surface area contributed by atoms with E-state index in [1.165, 1.54) is 11.3 Å². The maximum absolute atomic E-state index is 13.4. The van der Waals surface area contributed by atoms with Crippen LogP contribution in [-0.2, 0) is 21.2 Å². The first-order valence-corrected chi connectivity index (χ1v) is 13.4. The molecule has 0 bridgehead atoms. The van der Waals surface area contributed by atoms with Gasteiger partial charge in [0.1, 0.15) is 21.7 Å². The predicted molar refractivity (Wildman–Crippen MR) is 136 cm³/mol. The van der Waals surface area contributed by atoms with E-state index in [9.17, 15) is 13.2 Å². The zero-order valence-corrected chi connectivity index (χ0v) is 21.0. The minimum atomic E-state index is -3.47. The summed E-state index contributed by atoms with van der Waals surface area (Å²) in [5.41, 5.74) is 1.43. The lowest BCUT2D eigenvalue weighted by Gasteiger charge is -2.20. The minimum absolute atomic E-state index is 0.0521. The number of anilines is 1. The third-order valence-electron chi connectivity index (χ3n) is 5.40. The van der Waals surface area contributed by atoms with Crippen LogP contribution >= 0.6 is 11.3 Å². The fourth-order valence-corrected chi connectivity index (χ4v) is 6.04. The van der Waals surface area contributed by atoms with Gasteiger partial charge in [-0.15, -0.1) is 0 Å². The number of carbonyl (C=O) groups is 1. The number of carbonyl (C=O) groups excluding carboxylic acids is 1. The van der Waals surface area contributed by atoms with E-state index in [0.29, 0.717) is 22.1 Å². The molecule has 0 radical (unpaired) electrons. The standard InChI is InChI=1S/C25H25N3O5S2/c1-32-20-12-13-21(33-2)24-23(20)27-25(34-24)28(17-18-8-6-14-26-16-18)22(29)11-7-15-35(30,31)19-9-4-3-5-10-19/h3-6,8-10,12-14,16H,7,11,15,17H2,1-2H3. The number of benzene rings is 2. The summed E-state index contributed by atoms with van der Waals surface area (Å²) in [6, 6.07) is 15.5. The summed E-state index contributed by atoms with van der Waals surface area (Å²) in [6.07, 6.45) is 3.60. The maximum Gasteiger partial charge on any atom is 0.229 e. The summed E-state index contributed by atoms with van der Waals surface area (Å²) < 4.78 is 37.0. The van der Waals surface area contributed by atoms with Crippen molar-refractivity contribution in [1.82, 2.24) is 9.97 Å². The second-order valence-electron chi connectivity index (χ2n) is 7.72. The molecule has 2 aromatic carbocycles. The van der Waals surface area contributed by atoms with Crippen LogP contribution in [0.25, 0.3) is 10.2 Å². The van der Waals surface area contributed by atoms with Gasteiger partial charge in [0.15, 0.2) is 15.0 Å². The molecule has 35 heavy (non-hydrogen) atoms. The fraction of sp³-hybridized carbons (Fsp3) is 0.240. The fourth-order valence-electron chi connectivity index (χ4n) is 3.62. The molecule has 8 nitrogen and oxygen atoms in total. The van der Waals surface area contributed by atoms with Gasteiger partial charge in [0.05, 0.1) is 31.4 Å². The minimum Gasteiger partial charge on any atom is -0.495 e. The number of aromatic nitrogens is 2. The van der Waals surface area contributed by atoms with Crippen LogP contribution in [0.4, 0.5) is 5.13 Å². The summed E-state index contributed by atoms with van der Waals surface area (Å²) in [5.74, 6) is 0.859. The molecular formula is C25H25N3O5S2. The van der Waals surface area contributed by atoms with Crippen LogP contribution in [0.2, 0.25) is 0 Å². The second kappa shape index (κ2) is 10.8. The topological polar surface area (TPSA) is 98.7 Å². The number of sulfone groups is 1. The lowest BCUT2D eigenvalue weighted by Crippen LogP contribution is -2.30. The monoisotopic (exact) mass is 511 g/mol. The van der Waals surface area contributed by atoms with Crippen LogP contribution in [0.3, 0.4) is 0 Å². The van der Waals surface area contributed by atoms with Gasteiger partial charge in [-0.25, -0.2) is 13.4 Å². The van der Waals surface area contributed by atoms with E-state index in [-0.39, 0.29) is 35.9 Å². The van der Waals surface area contributed by atoms with Crippen LogP contribution in [0.15, 0.2) is 71.9 Å². The number of methoxy groups -OCH3 is 2. The highest BCUT2D eigenvalue weighted by Crippen LogP contribution is 2.40. The Kier molecular flexibility index (Phi) is 7.62. The molecule has 2 aromatic heterocycles. The molecule has 0 unspecified atom stereocenters. The maximum atomic E-state index is 13.4. The number of hydrogen-bond acceptors (Lipinski definition) is 8. The molecule has 0 aliphatic carbocycles. The van der Waals surface area contributed by atoms with Crippen molar-refractivity contribution in [2.24, 2.45) is 0 Å². The predicted octanol–water partition coefficient (Wildman–Crippen LogP) is 4.50. The first-order chi connectivity index (χ1) is 16.9. The van der Waals surface area contributed by atoms with Crippen LogP contribution < -0.4 is 14.4 Å². The second-order valence-corrected chi connectivity index (χ2v) is 10.8. The zero-order valence-electron chi connectivity index (χ0n) is 19.4. The van der Waals surface area contributed by atoms with Crippen molar-refractivity contribution in [3.8, 4) is 11.5 Å². The molecule has 1 amide bonds. The summed E-state index contributed by atoms with van der Waals surface area (Å²) in [7, 11) is -0.333. The molecule has 4 rings (SSSR count). The van der Waals surface area contributed by atoms with Crippen LogP contribution in [0, 0.1) is 0 Å². The highest BCUT2D eigenvalue weighted by Gasteiger charge is 2.24. The van der Waals surface area contributed by atoms with Gasteiger partial charge in [0.2, 0.25) is 5.91 Å². The summed E-state index contributed by atoms with van der Waals surface area (Å²) in [5, 5.41) is 0.475. The largest absolute Gasteiger partial charge is 0.495 e. The van der Waals surface area contributed by atoms with E-state index in [1.54, 1.807) is 80.0 Å². The Morgan fingerprint density at radius 3 is 2.43 bits per heavy atom. The molecule has 0 spiro atoms. The SMILES string of the molecule is COc1ccc(OC)c2sc(N(Cc3cccnc3)C(=O)CCCS(=O)(=O)c3ccccc3)nc12. The molecule has 4 aromatic rings. The third kappa shape index (κ3) is 5.60. The normalized spacial score (nSPS) is 11.4. The number of rotatable bonds is 10. The number of ether oxygens (including phenoxy) is 2. The smallest absolute Gasteiger partial charge is 0.229 e. The highest BCUT2D eigenvalue weighted by molar-refractivity contribution is 7.91. The van der Waals surface area contributed by atoms with Gasteiger partial charge in [-0.1, -0.05) is 35.6 Å². The Labute approximate surface area is 208 Å². The van der Waals surface area contributed by atoms with Crippen molar-refractivity contribution in [3.05, 3.63) is 72.6 Å². The van der Waals surface area contributed by atoms with E-state index >= 15 is 0 Å². The van der Waals surface area contributed by atoms with Crippen LogP contribution in [-0.4, -0.2) is 44.3 Å². The third-order valence-corrected chi connectivity index (χ3v) is 8.31. The average molecular weight is 512 g/mol. The Bertz CT molecular complexity index is 1370. The molecule has 182 valence electrons. The van der Waals surface area contributed by atoms with Crippen molar-refractivity contribution in [2.75, 3.05) is 24.9 Å². The first kappa shape index (κ1) is 24.6. The lowest BCUT2D eigenvalue weighted by atomic mass is 10.2. The lowest BCUT2D eigenvalue weighted by molar-refractivity contribution is -0.118. The Morgan fingerprint density at radius 1 is 1.00 bits per heavy atom. The summed E-state index contributed by atoms with van der Waals surface area (Å²) in [6.45, 7) is 0.253. The molecule has 10 heteroatoms. The van der Waals surface area contributed by atoms with Crippen molar-refractivity contribution >= 4 is 42.4 Å². The Balaban J connectivity index is 1.60. The van der Waals surface area contributed by atoms with Crippen molar-refractivity contribution < 1.29 is 22.7 Å². The highest BCUT2D eigenvalue weighted by atomic mass is 32.2. The van der Waals surface area contributed by atoms with E-state index in [4.69, 9.17) is 14.5 Å². The summed E-state index contributed by atoms with van der Waals surface area (Å²) in [4.78, 5) is 24.0. The van der Waals surface area contributed by atoms with Gasteiger partial charge >= 0.3 is 0 Å². The molecule has 2 heterocycles. The molecule has 0 fully saturated rings. The van der Waals surface area contributed by atoms with Crippen molar-refractivity contribution in [1.29, 1.82) is 0 Å². The number of thiazole rings is 1. The zero-order chi connectivity index (χ0) is 24.8. The van der Waals surface area contributed by atoms with E-state index in [1.807, 2.05) is 6.07 Å². The molecule has 0 aliphatic heterocycles. The summed E-state index contributed by atoms with van der Waals surface area (Å²) >= 11 is 1.32. The number of pyridine rings is 1. The Morgan fingerprint density at radius 2 is 1.74 bits per heavy atom. The molecule has 0 N–H and O–H groups in total. The number of amides is 1. The quantitative estimate of drug-likeness (QED) is 0.309. The first-order valence-electron chi connectivity index (χ1n) is 10.9. The van der Waals surface area contributed by atoms with E-state index in [0.717, 1.165) is 10.3 Å². The van der Waals surface area contributed by atoms with Gasteiger partial charge < -0.3 is 9.47 Å². The van der Waals surface area contributed by atoms with E-state index < -0.39 is 9.84 Å². The Hall–Kier alpha value is -3.50. The van der Waals surface area contributed by atoms with Crippen LogP contribution in [0.5, 0.6) is 11.5 Å². The number of nitrogens with zero attached hydrogens (tertiary/aromatic N) is 3. The molecule has 0 atom stereocenters. The van der Waals surface area contributed by atoms with Gasteiger partial charge in [0, 0.05) is 18.8 Å². The van der Waals surface area contributed by atoms with Crippen LogP contribution in [0.1, 0.15) is 18.4 Å². The molecule has 0 aliphatic rings. The average Bonchev–Trinajstić information content (AvgIpc) is 3.33.